The van der Waals surface area contributed by atoms with Crippen LogP contribution in [-0.4, -0.2) is 41.9 Å². The van der Waals surface area contributed by atoms with Crippen molar-refractivity contribution in [1.82, 2.24) is 5.32 Å². The maximum Gasteiger partial charge on any atom is 0.241 e. The third-order valence-electron chi connectivity index (χ3n) is 4.62. The van der Waals surface area contributed by atoms with Gasteiger partial charge in [0.05, 0.1) is 12.2 Å². The van der Waals surface area contributed by atoms with Gasteiger partial charge in [-0.05, 0) is 19.8 Å². The second-order valence-electron chi connectivity index (χ2n) is 6.19. The van der Waals surface area contributed by atoms with Crippen LogP contribution in [0.15, 0.2) is 0 Å². The van der Waals surface area contributed by atoms with Gasteiger partial charge in [-0.2, -0.15) is 0 Å². The van der Waals surface area contributed by atoms with Gasteiger partial charge in [0.15, 0.2) is 0 Å². The molecule has 0 aromatic rings. The molecule has 5 nitrogen and oxygen atoms in total. The molecule has 0 radical (unpaired) electrons. The van der Waals surface area contributed by atoms with Crippen LogP contribution in [0.25, 0.3) is 0 Å². The van der Waals surface area contributed by atoms with Gasteiger partial charge in [0, 0.05) is 24.5 Å². The first-order valence-electron chi connectivity index (χ1n) is 6.68. The Hall–Kier alpha value is -0.650. The Morgan fingerprint density at radius 3 is 2.89 bits per heavy atom. The number of nitrogens with one attached hydrogen (secondary N) is 1. The fourth-order valence-corrected chi connectivity index (χ4v) is 3.42. The summed E-state index contributed by atoms with van der Waals surface area (Å²) < 4.78 is 5.75. The largest absolute Gasteiger partial charge is 0.392 e. The minimum atomic E-state index is -0.882. The first-order chi connectivity index (χ1) is 8.31. The molecule has 1 heterocycles. The summed E-state index contributed by atoms with van der Waals surface area (Å²) in [5, 5.41) is 12.0. The van der Waals surface area contributed by atoms with Gasteiger partial charge in [-0.15, -0.1) is 0 Å². The van der Waals surface area contributed by atoms with Crippen molar-refractivity contribution in [3.8, 4) is 0 Å². The van der Waals surface area contributed by atoms with E-state index >= 15 is 0 Å². The van der Waals surface area contributed by atoms with E-state index in [-0.39, 0.29) is 29.9 Å². The van der Waals surface area contributed by atoms with Crippen LogP contribution in [-0.2, 0) is 9.53 Å². The molecule has 1 amide bonds. The Morgan fingerprint density at radius 1 is 1.61 bits per heavy atom. The number of ether oxygens (including phenoxy) is 1. The summed E-state index contributed by atoms with van der Waals surface area (Å²) in [5.74, 6) is -0.0737. The molecule has 2 fully saturated rings. The molecule has 0 aromatic heterocycles. The van der Waals surface area contributed by atoms with Crippen LogP contribution in [0, 0.1) is 11.3 Å². The average Bonchev–Trinajstić information content (AvgIpc) is 2.34. The third-order valence-corrected chi connectivity index (χ3v) is 4.62. The summed E-state index contributed by atoms with van der Waals surface area (Å²) in [6, 6.07) is 0. The van der Waals surface area contributed by atoms with Crippen molar-refractivity contribution in [2.45, 2.75) is 51.4 Å². The zero-order valence-electron chi connectivity index (χ0n) is 11.4. The second-order valence-corrected chi connectivity index (χ2v) is 6.19. The van der Waals surface area contributed by atoms with Crippen LogP contribution in [0.4, 0.5) is 0 Å². The molecule has 1 aliphatic heterocycles. The number of aliphatic hydroxyl groups excluding tert-OH is 1. The molecule has 1 saturated carbocycles. The number of carbonyl (C=O) groups excluding carboxylic acids is 1. The van der Waals surface area contributed by atoms with E-state index in [0.29, 0.717) is 0 Å². The van der Waals surface area contributed by atoms with Gasteiger partial charge >= 0.3 is 0 Å². The van der Waals surface area contributed by atoms with Crippen LogP contribution >= 0.6 is 0 Å². The molecule has 2 rings (SSSR count). The van der Waals surface area contributed by atoms with Crippen molar-refractivity contribution in [2.24, 2.45) is 17.1 Å². The summed E-state index contributed by atoms with van der Waals surface area (Å²) in [4.78, 5) is 12.3. The van der Waals surface area contributed by atoms with Gasteiger partial charge < -0.3 is 20.9 Å². The highest BCUT2D eigenvalue weighted by Crippen LogP contribution is 2.57. The van der Waals surface area contributed by atoms with Gasteiger partial charge in [-0.1, -0.05) is 13.8 Å². The van der Waals surface area contributed by atoms with Crippen molar-refractivity contribution >= 4 is 5.91 Å². The van der Waals surface area contributed by atoms with Crippen LogP contribution in [0.3, 0.4) is 0 Å². The molecule has 2 aliphatic rings. The minimum absolute atomic E-state index is 0.0774. The lowest BCUT2D eigenvalue weighted by Gasteiger charge is -2.65. The molecule has 4 unspecified atom stereocenters. The summed E-state index contributed by atoms with van der Waals surface area (Å²) in [7, 11) is 0. The van der Waals surface area contributed by atoms with Crippen molar-refractivity contribution in [1.29, 1.82) is 0 Å². The number of hydrogen-bond donors (Lipinski definition) is 3. The average molecular weight is 256 g/mol. The van der Waals surface area contributed by atoms with Gasteiger partial charge in [0.1, 0.15) is 5.54 Å². The van der Waals surface area contributed by atoms with Gasteiger partial charge in [0.2, 0.25) is 5.91 Å². The summed E-state index contributed by atoms with van der Waals surface area (Å²) in [6.45, 7) is 6.62. The monoisotopic (exact) mass is 256 g/mol. The third kappa shape index (κ3) is 1.76. The molecule has 0 spiro atoms. The van der Waals surface area contributed by atoms with E-state index in [1.807, 2.05) is 13.8 Å². The van der Waals surface area contributed by atoms with Crippen molar-refractivity contribution < 1.29 is 14.6 Å². The number of amides is 1. The first-order valence-corrected chi connectivity index (χ1v) is 6.68. The van der Waals surface area contributed by atoms with E-state index in [9.17, 15) is 9.90 Å². The Kier molecular flexibility index (Phi) is 3.42. The Bertz CT molecular complexity index is 343. The Balaban J connectivity index is 2.11. The SMILES string of the molecule is CC(O)CNC(=O)C1(N)C2CCCOC2C1(C)C. The molecule has 18 heavy (non-hydrogen) atoms. The fourth-order valence-electron chi connectivity index (χ4n) is 3.42. The first kappa shape index (κ1) is 13.8. The zero-order chi connectivity index (χ0) is 13.6. The number of nitrogens with two attached hydrogens (primary N) is 1. The van der Waals surface area contributed by atoms with Crippen molar-refractivity contribution in [3.63, 3.8) is 0 Å². The highest BCUT2D eigenvalue weighted by Gasteiger charge is 2.70. The lowest BCUT2D eigenvalue weighted by molar-refractivity contribution is -0.225. The van der Waals surface area contributed by atoms with E-state index in [4.69, 9.17) is 10.5 Å². The number of carbonyl (C=O) groups is 1. The summed E-state index contributed by atoms with van der Waals surface area (Å²) in [5.41, 5.74) is 5.15. The second kappa shape index (κ2) is 4.47. The van der Waals surface area contributed by atoms with E-state index in [1.165, 1.54) is 0 Å². The molecule has 0 aromatic carbocycles. The molecule has 5 heteroatoms. The quantitative estimate of drug-likeness (QED) is 0.664. The molecule has 1 saturated heterocycles. The van der Waals surface area contributed by atoms with Crippen LogP contribution < -0.4 is 11.1 Å². The Labute approximate surface area is 108 Å². The lowest BCUT2D eigenvalue weighted by atomic mass is 9.46. The maximum atomic E-state index is 12.3. The highest BCUT2D eigenvalue weighted by atomic mass is 16.5. The van der Waals surface area contributed by atoms with E-state index in [2.05, 4.69) is 5.32 Å². The van der Waals surface area contributed by atoms with E-state index in [1.54, 1.807) is 6.92 Å². The fraction of sp³-hybridized carbons (Fsp3) is 0.923. The Morgan fingerprint density at radius 2 is 2.28 bits per heavy atom. The number of hydrogen-bond acceptors (Lipinski definition) is 4. The smallest absolute Gasteiger partial charge is 0.241 e. The highest BCUT2D eigenvalue weighted by molar-refractivity contribution is 5.89. The van der Waals surface area contributed by atoms with Gasteiger partial charge in [-0.3, -0.25) is 4.79 Å². The molecular weight excluding hydrogens is 232 g/mol. The van der Waals surface area contributed by atoms with Crippen molar-refractivity contribution in [3.05, 3.63) is 0 Å². The van der Waals surface area contributed by atoms with Gasteiger partial charge in [-0.25, -0.2) is 0 Å². The number of rotatable bonds is 3. The molecular formula is C13H24N2O3. The topological polar surface area (TPSA) is 84.6 Å². The molecule has 4 atom stereocenters. The van der Waals surface area contributed by atoms with E-state index in [0.717, 1.165) is 19.4 Å². The maximum absolute atomic E-state index is 12.3. The van der Waals surface area contributed by atoms with Crippen LogP contribution in [0.5, 0.6) is 0 Å². The molecule has 1 aliphatic carbocycles. The zero-order valence-corrected chi connectivity index (χ0v) is 11.4. The standard InChI is InChI=1S/C13H24N2O3/c1-8(16)7-15-11(17)13(14)9-5-4-6-18-10(9)12(13,2)3/h8-10,16H,4-7,14H2,1-3H3,(H,15,17). The minimum Gasteiger partial charge on any atom is -0.392 e. The summed E-state index contributed by atoms with van der Waals surface area (Å²) in [6.07, 6.45) is 1.42. The summed E-state index contributed by atoms with van der Waals surface area (Å²) >= 11 is 0. The molecule has 104 valence electrons. The normalized spacial score (nSPS) is 39.4. The predicted octanol–water partition coefficient (Wildman–Crippen LogP) is 0.0159. The van der Waals surface area contributed by atoms with Crippen LogP contribution in [0.1, 0.15) is 33.6 Å². The van der Waals surface area contributed by atoms with Crippen LogP contribution in [0.2, 0.25) is 0 Å². The number of fused-ring (bicyclic) bond motifs is 1. The van der Waals surface area contributed by atoms with Crippen molar-refractivity contribution in [2.75, 3.05) is 13.2 Å². The lowest BCUT2D eigenvalue weighted by Crippen LogP contribution is -2.82. The molecule has 0 bridgehead atoms. The predicted molar refractivity (Wildman–Crippen MR) is 67.9 cm³/mol. The van der Waals surface area contributed by atoms with E-state index < -0.39 is 11.6 Å². The molecule has 4 N–H and O–H groups in total. The number of aliphatic hydroxyl groups is 1. The van der Waals surface area contributed by atoms with Gasteiger partial charge in [0.25, 0.3) is 0 Å².